The van der Waals surface area contributed by atoms with Crippen molar-refractivity contribution < 1.29 is 9.59 Å². The van der Waals surface area contributed by atoms with Crippen LogP contribution in [0.5, 0.6) is 0 Å². The molecular formula is C37H50N4O2. The highest BCUT2D eigenvalue weighted by atomic mass is 16.2. The van der Waals surface area contributed by atoms with Crippen LogP contribution in [0.4, 0.5) is 5.69 Å². The molecule has 3 rings (SSSR count). The van der Waals surface area contributed by atoms with Crippen molar-refractivity contribution in [3.05, 3.63) is 81.2 Å². The van der Waals surface area contributed by atoms with Gasteiger partial charge in [-0.3, -0.25) is 9.59 Å². The standard InChI is InChI=1S/C37H50N4O2/c1-12-26(21-27-16-17-28(36(5,6)13-2)22-30(27)37(7,8)14-3)34(42)39-33-29(23-38)35(43)41(11)32(33)20-25-15-18-31(40(9)10)24(4)19-25/h15-20,22,26H,12-14,21H2,1-11H3,(H,39,42)/b32-20+. The summed E-state index contributed by atoms with van der Waals surface area (Å²) in [5.41, 5.74) is 7.61. The summed E-state index contributed by atoms with van der Waals surface area (Å²) in [6.07, 6.45) is 5.09. The number of benzene rings is 2. The fourth-order valence-electron chi connectivity index (χ4n) is 5.62. The number of nitrogens with one attached hydrogen (secondary N) is 1. The third-order valence-electron chi connectivity index (χ3n) is 9.47. The number of rotatable bonds is 11. The lowest BCUT2D eigenvalue weighted by molar-refractivity contribution is -0.124. The number of nitrogens with zero attached hydrogens (tertiary/aromatic N) is 3. The lowest BCUT2D eigenvalue weighted by Gasteiger charge is -2.31. The van der Waals surface area contributed by atoms with Crippen LogP contribution in [0.2, 0.25) is 0 Å². The molecule has 0 saturated carbocycles. The van der Waals surface area contributed by atoms with E-state index in [-0.39, 0.29) is 33.9 Å². The van der Waals surface area contributed by atoms with Crippen molar-refractivity contribution in [1.29, 1.82) is 5.26 Å². The third-order valence-corrected chi connectivity index (χ3v) is 9.47. The zero-order chi connectivity index (χ0) is 32.3. The number of anilines is 1. The van der Waals surface area contributed by atoms with Crippen LogP contribution in [-0.4, -0.2) is 37.9 Å². The van der Waals surface area contributed by atoms with Crippen LogP contribution in [0.15, 0.2) is 53.4 Å². The van der Waals surface area contributed by atoms with Crippen molar-refractivity contribution in [2.24, 2.45) is 5.92 Å². The number of carbonyl (C=O) groups is 2. The van der Waals surface area contributed by atoms with Crippen molar-refractivity contribution >= 4 is 23.6 Å². The Morgan fingerprint density at radius 1 is 1.05 bits per heavy atom. The predicted octanol–water partition coefficient (Wildman–Crippen LogP) is 7.41. The van der Waals surface area contributed by atoms with E-state index in [0.29, 0.717) is 18.5 Å². The van der Waals surface area contributed by atoms with Crippen LogP contribution in [0.25, 0.3) is 6.08 Å². The molecule has 0 saturated heterocycles. The predicted molar refractivity (Wildman–Crippen MR) is 178 cm³/mol. The number of hydrogen-bond acceptors (Lipinski definition) is 4. The summed E-state index contributed by atoms with van der Waals surface area (Å²) in [5.74, 6) is -0.927. The first kappa shape index (κ1) is 33.6. The Morgan fingerprint density at radius 2 is 1.70 bits per heavy atom. The first-order chi connectivity index (χ1) is 20.1. The minimum absolute atomic E-state index is 0.0439. The first-order valence-corrected chi connectivity index (χ1v) is 15.5. The fraction of sp³-hybridized carbons (Fsp3) is 0.486. The second kappa shape index (κ2) is 13.2. The molecule has 1 heterocycles. The molecule has 0 fully saturated rings. The molecule has 1 unspecified atom stereocenters. The van der Waals surface area contributed by atoms with Crippen LogP contribution in [0.1, 0.15) is 95.5 Å². The quantitative estimate of drug-likeness (QED) is 0.299. The molecule has 1 aliphatic rings. The van der Waals surface area contributed by atoms with Crippen LogP contribution >= 0.6 is 0 Å². The van der Waals surface area contributed by atoms with Gasteiger partial charge in [0.2, 0.25) is 5.91 Å². The molecule has 43 heavy (non-hydrogen) atoms. The van der Waals surface area contributed by atoms with Crippen molar-refractivity contribution in [2.75, 3.05) is 26.0 Å². The molecule has 0 radical (unpaired) electrons. The van der Waals surface area contributed by atoms with Gasteiger partial charge in [0.1, 0.15) is 11.6 Å². The van der Waals surface area contributed by atoms with Gasteiger partial charge in [0, 0.05) is 32.7 Å². The van der Waals surface area contributed by atoms with Gasteiger partial charge in [-0.1, -0.05) is 72.7 Å². The zero-order valence-electron chi connectivity index (χ0n) is 28.1. The van der Waals surface area contributed by atoms with Crippen LogP contribution in [0, 0.1) is 24.2 Å². The van der Waals surface area contributed by atoms with Gasteiger partial charge >= 0.3 is 0 Å². The Morgan fingerprint density at radius 3 is 2.23 bits per heavy atom. The van der Waals surface area contributed by atoms with E-state index in [9.17, 15) is 14.9 Å². The smallest absolute Gasteiger partial charge is 0.270 e. The fourth-order valence-corrected chi connectivity index (χ4v) is 5.62. The van der Waals surface area contributed by atoms with Crippen molar-refractivity contribution in [1.82, 2.24) is 10.2 Å². The summed E-state index contributed by atoms with van der Waals surface area (Å²) in [6.45, 7) is 17.6. The Hall–Kier alpha value is -3.85. The molecule has 2 amide bonds. The summed E-state index contributed by atoms with van der Waals surface area (Å²) in [5, 5.41) is 12.9. The third kappa shape index (κ3) is 7.04. The van der Waals surface area contributed by atoms with E-state index in [1.807, 2.05) is 63.2 Å². The largest absolute Gasteiger partial charge is 0.377 e. The molecule has 2 aromatic carbocycles. The van der Waals surface area contributed by atoms with Crippen molar-refractivity contribution in [3.63, 3.8) is 0 Å². The maximum absolute atomic E-state index is 13.9. The average Bonchev–Trinajstić information content (AvgIpc) is 3.18. The Bertz CT molecular complexity index is 1490. The number of amides is 2. The van der Waals surface area contributed by atoms with Gasteiger partial charge in [-0.05, 0) is 89.5 Å². The molecule has 6 heteroatoms. The lowest BCUT2D eigenvalue weighted by atomic mass is 9.73. The van der Waals surface area contributed by atoms with Gasteiger partial charge in [-0.25, -0.2) is 0 Å². The molecule has 0 aliphatic carbocycles. The van der Waals surface area contributed by atoms with Gasteiger partial charge < -0.3 is 15.1 Å². The van der Waals surface area contributed by atoms with Crippen molar-refractivity contribution in [3.8, 4) is 6.07 Å². The summed E-state index contributed by atoms with van der Waals surface area (Å²) in [6, 6.07) is 14.9. The molecule has 2 aromatic rings. The number of likely N-dealkylation sites (N-methyl/N-ethyl adjacent to an activating group) is 1. The van der Waals surface area contributed by atoms with Gasteiger partial charge in [-0.15, -0.1) is 0 Å². The van der Waals surface area contributed by atoms with E-state index >= 15 is 0 Å². The van der Waals surface area contributed by atoms with Gasteiger partial charge in [0.15, 0.2) is 0 Å². The van der Waals surface area contributed by atoms with E-state index in [0.717, 1.165) is 29.7 Å². The Labute approximate surface area is 259 Å². The van der Waals surface area contributed by atoms with E-state index in [4.69, 9.17) is 0 Å². The number of aryl methyl sites for hydroxylation is 1. The maximum Gasteiger partial charge on any atom is 0.270 e. The molecule has 0 spiro atoms. The molecule has 6 nitrogen and oxygen atoms in total. The molecule has 1 N–H and O–H groups in total. The zero-order valence-corrected chi connectivity index (χ0v) is 28.1. The number of carbonyl (C=O) groups excluding carboxylic acids is 2. The number of hydrogen-bond donors (Lipinski definition) is 1. The summed E-state index contributed by atoms with van der Waals surface area (Å²) in [7, 11) is 5.63. The lowest BCUT2D eigenvalue weighted by Crippen LogP contribution is -2.33. The molecular weight excluding hydrogens is 532 g/mol. The van der Waals surface area contributed by atoms with Crippen molar-refractivity contribution in [2.45, 2.75) is 91.9 Å². The average molecular weight is 583 g/mol. The second-order valence-corrected chi connectivity index (χ2v) is 13.3. The topological polar surface area (TPSA) is 76.4 Å². The number of nitriles is 1. The van der Waals surface area contributed by atoms with Crippen LogP contribution in [0.3, 0.4) is 0 Å². The summed E-state index contributed by atoms with van der Waals surface area (Å²) < 4.78 is 0. The Balaban J connectivity index is 1.99. The van der Waals surface area contributed by atoms with Gasteiger partial charge in [0.05, 0.1) is 11.4 Å². The van der Waals surface area contributed by atoms with E-state index in [2.05, 4.69) is 65.1 Å². The Kier molecular flexibility index (Phi) is 10.3. The van der Waals surface area contributed by atoms with Crippen LogP contribution in [-0.2, 0) is 26.8 Å². The molecule has 1 atom stereocenters. The van der Waals surface area contributed by atoms with Gasteiger partial charge in [-0.2, -0.15) is 5.26 Å². The van der Waals surface area contributed by atoms with Crippen LogP contribution < -0.4 is 10.2 Å². The summed E-state index contributed by atoms with van der Waals surface area (Å²) >= 11 is 0. The SMILES string of the molecule is CCC(Cc1ccc(C(C)(C)CC)cc1C(C)(C)CC)C(=O)NC1=C(C#N)C(=O)N(C)/C1=C/c1ccc(N(C)C)c(C)c1. The highest BCUT2D eigenvalue weighted by Gasteiger charge is 2.35. The molecule has 230 valence electrons. The monoisotopic (exact) mass is 582 g/mol. The maximum atomic E-state index is 13.9. The highest BCUT2D eigenvalue weighted by Crippen LogP contribution is 2.37. The van der Waals surface area contributed by atoms with E-state index < -0.39 is 5.91 Å². The normalized spacial score (nSPS) is 15.6. The first-order valence-electron chi connectivity index (χ1n) is 15.5. The van der Waals surface area contributed by atoms with Gasteiger partial charge in [0.25, 0.3) is 5.91 Å². The molecule has 0 aromatic heterocycles. The highest BCUT2D eigenvalue weighted by molar-refractivity contribution is 6.05. The second-order valence-electron chi connectivity index (χ2n) is 13.3. The molecule has 1 aliphatic heterocycles. The van der Waals surface area contributed by atoms with E-state index in [1.54, 1.807) is 7.05 Å². The molecule has 0 bridgehead atoms. The van der Waals surface area contributed by atoms with E-state index in [1.165, 1.54) is 21.6 Å². The minimum atomic E-state index is -0.417. The summed E-state index contributed by atoms with van der Waals surface area (Å²) in [4.78, 5) is 30.4. The minimum Gasteiger partial charge on any atom is -0.377 e.